The Morgan fingerprint density at radius 2 is 0.964 bits per heavy atom. The van der Waals surface area contributed by atoms with Crippen LogP contribution in [0.3, 0.4) is 0 Å². The van der Waals surface area contributed by atoms with Crippen LogP contribution in [0.5, 0.6) is 23.0 Å². The smallest absolute Gasteiger partial charge is 0.170 e. The maximum Gasteiger partial charge on any atom is 0.170 e. The summed E-state index contributed by atoms with van der Waals surface area (Å²) >= 11 is 0. The van der Waals surface area contributed by atoms with E-state index in [1.54, 1.807) is 0 Å². The molecule has 0 atom stereocenters. The van der Waals surface area contributed by atoms with Crippen LogP contribution in [0.25, 0.3) is 55.8 Å². The maximum atomic E-state index is 6.81. The first kappa shape index (κ1) is 31.2. The van der Waals surface area contributed by atoms with Gasteiger partial charge in [0.1, 0.15) is 0 Å². The summed E-state index contributed by atoms with van der Waals surface area (Å²) in [4.78, 5) is 10.1. The van der Waals surface area contributed by atoms with Gasteiger partial charge in [-0.05, 0) is 80.9 Å². The lowest BCUT2D eigenvalue weighted by Gasteiger charge is -2.34. The Bertz CT molecular complexity index is 2880. The number of para-hydroxylation sites is 1. The van der Waals surface area contributed by atoms with Crippen molar-refractivity contribution in [2.24, 2.45) is 0 Å². The van der Waals surface area contributed by atoms with Gasteiger partial charge in [-0.15, -0.1) is 0 Å². The molecular formula is C51H32N2O2. The van der Waals surface area contributed by atoms with Gasteiger partial charge in [-0.1, -0.05) is 158 Å². The number of ether oxygens (including phenoxy) is 2. The molecule has 0 spiro atoms. The molecule has 8 aromatic carbocycles. The van der Waals surface area contributed by atoms with Crippen LogP contribution in [-0.2, 0) is 5.41 Å². The molecule has 2 heterocycles. The fourth-order valence-corrected chi connectivity index (χ4v) is 8.56. The molecule has 0 radical (unpaired) electrons. The Labute approximate surface area is 319 Å². The van der Waals surface area contributed by atoms with Gasteiger partial charge in [0, 0.05) is 16.5 Å². The van der Waals surface area contributed by atoms with Crippen molar-refractivity contribution in [2.75, 3.05) is 0 Å². The summed E-state index contributed by atoms with van der Waals surface area (Å²) in [7, 11) is 0. The zero-order valence-electron chi connectivity index (χ0n) is 29.7. The summed E-state index contributed by atoms with van der Waals surface area (Å²) in [5, 5.41) is 1.03. The van der Waals surface area contributed by atoms with Crippen molar-refractivity contribution in [3.8, 4) is 67.9 Å². The van der Waals surface area contributed by atoms with E-state index in [4.69, 9.17) is 19.4 Å². The minimum atomic E-state index is -0.527. The third-order valence-corrected chi connectivity index (χ3v) is 11.0. The summed E-state index contributed by atoms with van der Waals surface area (Å²) in [6.07, 6.45) is 0. The Morgan fingerprint density at radius 3 is 1.76 bits per heavy atom. The molecule has 0 unspecified atom stereocenters. The van der Waals surface area contributed by atoms with Crippen molar-refractivity contribution < 1.29 is 9.47 Å². The molecule has 11 rings (SSSR count). The van der Waals surface area contributed by atoms with E-state index >= 15 is 0 Å². The third kappa shape index (κ3) is 4.92. The minimum Gasteiger partial charge on any atom is -0.449 e. The van der Waals surface area contributed by atoms with E-state index in [0.29, 0.717) is 28.8 Å². The number of hydrogen-bond donors (Lipinski definition) is 0. The van der Waals surface area contributed by atoms with Gasteiger partial charge >= 0.3 is 0 Å². The third-order valence-electron chi connectivity index (χ3n) is 11.0. The van der Waals surface area contributed by atoms with E-state index in [1.807, 2.05) is 42.5 Å². The number of aromatic nitrogens is 2. The lowest BCUT2D eigenvalue weighted by atomic mass is 9.67. The van der Waals surface area contributed by atoms with Crippen LogP contribution < -0.4 is 9.47 Å². The molecular weight excluding hydrogens is 673 g/mol. The average Bonchev–Trinajstić information content (AvgIpc) is 3.55. The summed E-state index contributed by atoms with van der Waals surface area (Å²) in [6.45, 7) is 0. The van der Waals surface area contributed by atoms with Crippen LogP contribution in [0.4, 0.5) is 0 Å². The molecule has 0 saturated carbocycles. The molecule has 258 valence electrons. The second kappa shape index (κ2) is 12.4. The number of fused-ring (bicyclic) bond motifs is 6. The molecule has 0 fully saturated rings. The van der Waals surface area contributed by atoms with E-state index in [2.05, 4.69) is 152 Å². The number of benzene rings is 8. The summed E-state index contributed by atoms with van der Waals surface area (Å²) < 4.78 is 13.4. The van der Waals surface area contributed by atoms with Crippen LogP contribution in [0.2, 0.25) is 0 Å². The SMILES string of the molecule is c1ccc(-c2nc(-c3cccc(-c4ccc5c(c4)Oc4cc6c(cc4O5)-c4ccccc4C6(c4ccccc4)c4ccccc4)c3)nc3ccccc23)cc1. The maximum absolute atomic E-state index is 6.81. The van der Waals surface area contributed by atoms with Gasteiger partial charge < -0.3 is 9.47 Å². The largest absolute Gasteiger partial charge is 0.449 e. The predicted molar refractivity (Wildman–Crippen MR) is 220 cm³/mol. The zero-order valence-corrected chi connectivity index (χ0v) is 29.7. The highest BCUT2D eigenvalue weighted by atomic mass is 16.6. The van der Waals surface area contributed by atoms with Crippen molar-refractivity contribution >= 4 is 10.9 Å². The summed E-state index contributed by atoms with van der Waals surface area (Å²) in [5.74, 6) is 3.43. The lowest BCUT2D eigenvalue weighted by Crippen LogP contribution is -2.28. The van der Waals surface area contributed by atoms with Crippen LogP contribution in [0, 0.1) is 0 Å². The van der Waals surface area contributed by atoms with Crippen molar-refractivity contribution in [3.05, 3.63) is 216 Å². The van der Waals surface area contributed by atoms with E-state index < -0.39 is 5.41 Å². The van der Waals surface area contributed by atoms with Crippen LogP contribution in [0.1, 0.15) is 22.3 Å². The second-order valence-electron chi connectivity index (χ2n) is 14.1. The second-order valence-corrected chi connectivity index (χ2v) is 14.1. The molecule has 1 aliphatic heterocycles. The molecule has 4 heteroatoms. The van der Waals surface area contributed by atoms with Gasteiger partial charge in [-0.25, -0.2) is 9.97 Å². The molecule has 55 heavy (non-hydrogen) atoms. The number of rotatable bonds is 5. The normalized spacial score (nSPS) is 13.2. The molecule has 1 aromatic heterocycles. The zero-order chi connectivity index (χ0) is 36.3. The Kier molecular flexibility index (Phi) is 7.04. The molecule has 0 saturated heterocycles. The van der Waals surface area contributed by atoms with E-state index in [9.17, 15) is 0 Å². The van der Waals surface area contributed by atoms with Crippen molar-refractivity contribution in [1.29, 1.82) is 0 Å². The first-order valence-corrected chi connectivity index (χ1v) is 18.6. The van der Waals surface area contributed by atoms with Crippen molar-refractivity contribution in [1.82, 2.24) is 9.97 Å². The van der Waals surface area contributed by atoms with E-state index in [-0.39, 0.29) is 0 Å². The summed E-state index contributed by atoms with van der Waals surface area (Å²) in [6, 6.07) is 67.7. The van der Waals surface area contributed by atoms with E-state index in [1.165, 1.54) is 27.8 Å². The lowest BCUT2D eigenvalue weighted by molar-refractivity contribution is 0.359. The molecule has 0 bridgehead atoms. The van der Waals surface area contributed by atoms with Crippen molar-refractivity contribution in [3.63, 3.8) is 0 Å². The van der Waals surface area contributed by atoms with Crippen LogP contribution in [-0.4, -0.2) is 9.97 Å². The molecule has 1 aliphatic carbocycles. The molecule has 4 nitrogen and oxygen atoms in total. The average molecular weight is 705 g/mol. The quantitative estimate of drug-likeness (QED) is 0.179. The Hall–Kier alpha value is -7.30. The van der Waals surface area contributed by atoms with Crippen LogP contribution in [0.15, 0.2) is 194 Å². The first-order chi connectivity index (χ1) is 27.2. The van der Waals surface area contributed by atoms with Gasteiger partial charge in [0.05, 0.1) is 16.6 Å². The Balaban J connectivity index is 1.00. The monoisotopic (exact) mass is 704 g/mol. The summed E-state index contributed by atoms with van der Waals surface area (Å²) in [5.41, 5.74) is 12.5. The van der Waals surface area contributed by atoms with Gasteiger partial charge in [0.15, 0.2) is 28.8 Å². The highest BCUT2D eigenvalue weighted by Gasteiger charge is 2.47. The molecule has 0 N–H and O–H groups in total. The van der Waals surface area contributed by atoms with E-state index in [0.717, 1.165) is 44.4 Å². The first-order valence-electron chi connectivity index (χ1n) is 18.6. The van der Waals surface area contributed by atoms with Crippen molar-refractivity contribution in [2.45, 2.75) is 5.41 Å². The van der Waals surface area contributed by atoms with Gasteiger partial charge in [0.25, 0.3) is 0 Å². The van der Waals surface area contributed by atoms with Gasteiger partial charge in [-0.2, -0.15) is 0 Å². The number of hydrogen-bond acceptors (Lipinski definition) is 4. The standard InChI is InChI=1S/C51H32N2O2/c1-4-15-33(16-5-1)49-40-24-11-13-26-44(40)52-50(53-49)36-18-14-17-34(29-36)35-27-28-45-46(30-35)55-48-32-43-41(31-47(48)54-45)39-23-10-12-25-42(39)51(43,37-19-6-2-7-20-37)38-21-8-3-9-22-38/h1-32H. The minimum absolute atomic E-state index is 0.527. The highest BCUT2D eigenvalue weighted by Crippen LogP contribution is 2.59. The Morgan fingerprint density at radius 1 is 0.364 bits per heavy atom. The fourth-order valence-electron chi connectivity index (χ4n) is 8.56. The van der Waals surface area contributed by atoms with Gasteiger partial charge in [-0.3, -0.25) is 0 Å². The van der Waals surface area contributed by atoms with Crippen LogP contribution >= 0.6 is 0 Å². The highest BCUT2D eigenvalue weighted by molar-refractivity contribution is 5.94. The molecule has 9 aromatic rings. The fraction of sp³-hybridized carbons (Fsp3) is 0.0196. The van der Waals surface area contributed by atoms with Gasteiger partial charge in [0.2, 0.25) is 0 Å². The predicted octanol–water partition coefficient (Wildman–Crippen LogP) is 12.9. The molecule has 0 amide bonds. The molecule has 2 aliphatic rings. The topological polar surface area (TPSA) is 44.2 Å². The number of nitrogens with zero attached hydrogens (tertiary/aromatic N) is 2.